The Hall–Kier alpha value is -1.48. The molecule has 1 N–H and O–H groups in total. The third kappa shape index (κ3) is 4.80. The Morgan fingerprint density at radius 1 is 1.33 bits per heavy atom. The molecule has 0 saturated heterocycles. The van der Waals surface area contributed by atoms with Crippen molar-refractivity contribution in [3.8, 4) is 11.5 Å². The Balaban J connectivity index is 2.64. The van der Waals surface area contributed by atoms with Crippen LogP contribution >= 0.6 is 0 Å². The van der Waals surface area contributed by atoms with Crippen LogP contribution in [0.3, 0.4) is 0 Å². The molecule has 0 fully saturated rings. The molecular weight excluding hydrogens is 226 g/mol. The first-order chi connectivity index (χ1) is 8.67. The summed E-state index contributed by atoms with van der Waals surface area (Å²) in [6, 6.07) is 6.03. The predicted octanol–water partition coefficient (Wildman–Crippen LogP) is 3.15. The average molecular weight is 249 g/mol. The van der Waals surface area contributed by atoms with Crippen LogP contribution < -0.4 is 14.8 Å². The van der Waals surface area contributed by atoms with E-state index in [-0.39, 0.29) is 0 Å². The third-order valence-corrected chi connectivity index (χ3v) is 2.59. The molecule has 0 atom stereocenters. The van der Waals surface area contributed by atoms with Crippen molar-refractivity contribution in [2.75, 3.05) is 20.3 Å². The summed E-state index contributed by atoms with van der Waals surface area (Å²) in [5.41, 5.74) is 2.32. The Kier molecular flexibility index (Phi) is 6.29. The fourth-order valence-electron chi connectivity index (χ4n) is 1.55. The topological polar surface area (TPSA) is 30.5 Å². The Bertz CT molecular complexity index is 388. The van der Waals surface area contributed by atoms with Crippen LogP contribution in [0, 0.1) is 0 Å². The molecule has 0 aliphatic carbocycles. The van der Waals surface area contributed by atoms with Gasteiger partial charge in [0.1, 0.15) is 0 Å². The predicted molar refractivity (Wildman–Crippen MR) is 75.3 cm³/mol. The minimum atomic E-state index is 0.637. The van der Waals surface area contributed by atoms with Crippen LogP contribution in [0.1, 0.15) is 25.8 Å². The van der Waals surface area contributed by atoms with Crippen LogP contribution in [0.5, 0.6) is 11.5 Å². The second kappa shape index (κ2) is 7.77. The maximum absolute atomic E-state index is 5.69. The van der Waals surface area contributed by atoms with Gasteiger partial charge in [0.25, 0.3) is 0 Å². The molecule has 1 rings (SSSR count). The summed E-state index contributed by atoms with van der Waals surface area (Å²) in [5.74, 6) is 1.58. The van der Waals surface area contributed by atoms with Gasteiger partial charge in [0, 0.05) is 13.0 Å². The zero-order valence-electron chi connectivity index (χ0n) is 11.6. The molecule has 0 unspecified atom stereocenters. The van der Waals surface area contributed by atoms with Crippen LogP contribution in [0.15, 0.2) is 30.4 Å². The van der Waals surface area contributed by atoms with Crippen molar-refractivity contribution in [3.05, 3.63) is 35.9 Å². The first-order valence-corrected chi connectivity index (χ1v) is 6.32. The van der Waals surface area contributed by atoms with E-state index in [2.05, 4.69) is 24.9 Å². The van der Waals surface area contributed by atoms with E-state index in [1.807, 2.05) is 19.1 Å². The van der Waals surface area contributed by atoms with Gasteiger partial charge < -0.3 is 14.8 Å². The van der Waals surface area contributed by atoms with Gasteiger partial charge in [-0.25, -0.2) is 0 Å². The minimum absolute atomic E-state index is 0.637. The number of methoxy groups -OCH3 is 1. The van der Waals surface area contributed by atoms with Crippen LogP contribution in [0.4, 0.5) is 0 Å². The molecule has 1 aromatic rings. The van der Waals surface area contributed by atoms with Gasteiger partial charge >= 0.3 is 0 Å². The fraction of sp³-hybridized carbons (Fsp3) is 0.467. The molecular formula is C15H23NO2. The van der Waals surface area contributed by atoms with E-state index in [1.165, 1.54) is 5.56 Å². The van der Waals surface area contributed by atoms with Crippen molar-refractivity contribution in [1.29, 1.82) is 0 Å². The highest BCUT2D eigenvalue weighted by atomic mass is 16.5. The lowest BCUT2D eigenvalue weighted by Crippen LogP contribution is -2.11. The van der Waals surface area contributed by atoms with Gasteiger partial charge in [-0.3, -0.25) is 0 Å². The van der Waals surface area contributed by atoms with Gasteiger partial charge in [-0.1, -0.05) is 18.6 Å². The van der Waals surface area contributed by atoms with E-state index in [0.717, 1.165) is 36.6 Å². The third-order valence-electron chi connectivity index (χ3n) is 2.59. The molecule has 3 heteroatoms. The zero-order chi connectivity index (χ0) is 13.4. The second-order valence-corrected chi connectivity index (χ2v) is 4.32. The van der Waals surface area contributed by atoms with Gasteiger partial charge in [-0.05, 0) is 31.2 Å². The summed E-state index contributed by atoms with van der Waals surface area (Å²) in [6.07, 6.45) is 0.863. The molecule has 1 aromatic carbocycles. The molecule has 0 aliphatic rings. The number of rotatable bonds is 8. The van der Waals surface area contributed by atoms with Gasteiger partial charge in [0.05, 0.1) is 13.7 Å². The van der Waals surface area contributed by atoms with E-state index >= 15 is 0 Å². The monoisotopic (exact) mass is 249 g/mol. The molecule has 0 spiro atoms. The van der Waals surface area contributed by atoms with Crippen molar-refractivity contribution in [2.45, 2.75) is 26.8 Å². The molecule has 3 nitrogen and oxygen atoms in total. The van der Waals surface area contributed by atoms with Crippen LogP contribution in [-0.2, 0) is 6.54 Å². The molecule has 0 radical (unpaired) electrons. The number of hydrogen-bond donors (Lipinski definition) is 1. The molecule has 18 heavy (non-hydrogen) atoms. The number of ether oxygens (including phenoxy) is 2. The molecule has 0 saturated carbocycles. The maximum atomic E-state index is 5.69. The molecule has 0 amide bonds. The van der Waals surface area contributed by atoms with Crippen molar-refractivity contribution in [3.63, 3.8) is 0 Å². The first kappa shape index (κ1) is 14.6. The van der Waals surface area contributed by atoms with Gasteiger partial charge in [0.15, 0.2) is 11.5 Å². The van der Waals surface area contributed by atoms with E-state index in [9.17, 15) is 0 Å². The minimum Gasteiger partial charge on any atom is -0.493 e. The van der Waals surface area contributed by atoms with E-state index in [4.69, 9.17) is 9.47 Å². The van der Waals surface area contributed by atoms with E-state index in [1.54, 1.807) is 7.11 Å². The molecule has 100 valence electrons. The normalized spacial score (nSPS) is 10.2. The smallest absolute Gasteiger partial charge is 0.161 e. The fourth-order valence-corrected chi connectivity index (χ4v) is 1.55. The maximum Gasteiger partial charge on any atom is 0.161 e. The summed E-state index contributed by atoms with van der Waals surface area (Å²) in [6.45, 7) is 10.4. The van der Waals surface area contributed by atoms with E-state index < -0.39 is 0 Å². The highest BCUT2D eigenvalue weighted by Crippen LogP contribution is 2.28. The second-order valence-electron chi connectivity index (χ2n) is 4.32. The number of benzene rings is 1. The largest absolute Gasteiger partial charge is 0.493 e. The van der Waals surface area contributed by atoms with Crippen molar-refractivity contribution >= 4 is 0 Å². The van der Waals surface area contributed by atoms with Crippen LogP contribution in [0.2, 0.25) is 0 Å². The van der Waals surface area contributed by atoms with Gasteiger partial charge in [-0.2, -0.15) is 0 Å². The SMILES string of the molecule is C=C(C)CCOc1ccc(CNCC)cc1OC. The lowest BCUT2D eigenvalue weighted by Gasteiger charge is -2.12. The summed E-state index contributed by atoms with van der Waals surface area (Å²) < 4.78 is 11.0. The summed E-state index contributed by atoms with van der Waals surface area (Å²) >= 11 is 0. The highest BCUT2D eigenvalue weighted by Gasteiger charge is 2.05. The summed E-state index contributed by atoms with van der Waals surface area (Å²) in [7, 11) is 1.66. The lowest BCUT2D eigenvalue weighted by molar-refractivity contribution is 0.297. The molecule has 0 aromatic heterocycles. The zero-order valence-corrected chi connectivity index (χ0v) is 11.6. The Morgan fingerprint density at radius 2 is 2.11 bits per heavy atom. The van der Waals surface area contributed by atoms with Gasteiger partial charge in [0.2, 0.25) is 0 Å². The molecule has 0 bridgehead atoms. The summed E-state index contributed by atoms with van der Waals surface area (Å²) in [4.78, 5) is 0. The summed E-state index contributed by atoms with van der Waals surface area (Å²) in [5, 5.41) is 3.29. The number of hydrogen-bond acceptors (Lipinski definition) is 3. The van der Waals surface area contributed by atoms with Crippen molar-refractivity contribution in [2.24, 2.45) is 0 Å². The molecule has 0 heterocycles. The van der Waals surface area contributed by atoms with Crippen LogP contribution in [-0.4, -0.2) is 20.3 Å². The number of nitrogens with one attached hydrogen (secondary N) is 1. The molecule has 0 aliphatic heterocycles. The van der Waals surface area contributed by atoms with Gasteiger partial charge in [-0.15, -0.1) is 6.58 Å². The van der Waals surface area contributed by atoms with Crippen LogP contribution in [0.25, 0.3) is 0 Å². The Labute approximate surface area is 110 Å². The first-order valence-electron chi connectivity index (χ1n) is 6.32. The van der Waals surface area contributed by atoms with Crippen molar-refractivity contribution in [1.82, 2.24) is 5.32 Å². The lowest BCUT2D eigenvalue weighted by atomic mass is 10.2. The highest BCUT2D eigenvalue weighted by molar-refractivity contribution is 5.42. The Morgan fingerprint density at radius 3 is 2.72 bits per heavy atom. The quantitative estimate of drug-likeness (QED) is 0.718. The average Bonchev–Trinajstić information content (AvgIpc) is 2.36. The van der Waals surface area contributed by atoms with Crippen molar-refractivity contribution < 1.29 is 9.47 Å². The van der Waals surface area contributed by atoms with E-state index in [0.29, 0.717) is 6.61 Å². The standard InChI is InChI=1S/C15H23NO2/c1-5-16-11-13-6-7-14(15(10-13)17-4)18-9-8-12(2)3/h6-7,10,16H,2,5,8-9,11H2,1,3-4H3.